The number of ether oxygens (including phenoxy) is 1. The van der Waals surface area contributed by atoms with Crippen molar-refractivity contribution in [1.29, 1.82) is 0 Å². The molecule has 2 aliphatic rings. The van der Waals surface area contributed by atoms with Gasteiger partial charge in [-0.05, 0) is 36.9 Å². The van der Waals surface area contributed by atoms with Crippen LogP contribution in [0.1, 0.15) is 24.5 Å². The molecule has 1 aliphatic carbocycles. The van der Waals surface area contributed by atoms with E-state index in [-0.39, 0.29) is 12.0 Å². The van der Waals surface area contributed by atoms with E-state index in [2.05, 4.69) is 36.1 Å². The van der Waals surface area contributed by atoms with E-state index >= 15 is 0 Å². The highest BCUT2D eigenvalue weighted by Crippen LogP contribution is 2.29. The number of likely N-dealkylation sites (N-methyl/N-ethyl adjacent to an activating group) is 1. The quantitative estimate of drug-likeness (QED) is 0.920. The van der Waals surface area contributed by atoms with Crippen molar-refractivity contribution in [2.75, 3.05) is 19.8 Å². The van der Waals surface area contributed by atoms with Crippen molar-refractivity contribution >= 4 is 5.97 Å². The van der Waals surface area contributed by atoms with Crippen molar-refractivity contribution in [3.8, 4) is 0 Å². The van der Waals surface area contributed by atoms with Gasteiger partial charge in [0.25, 0.3) is 0 Å². The molecule has 1 N–H and O–H groups in total. The topological polar surface area (TPSA) is 49.8 Å². The third kappa shape index (κ3) is 2.83. The van der Waals surface area contributed by atoms with E-state index < -0.39 is 5.97 Å². The van der Waals surface area contributed by atoms with Gasteiger partial charge in [0.2, 0.25) is 0 Å². The molecule has 1 aromatic carbocycles. The third-order valence-electron chi connectivity index (χ3n) is 4.95. The summed E-state index contributed by atoms with van der Waals surface area (Å²) >= 11 is 0. The van der Waals surface area contributed by atoms with Crippen LogP contribution in [0.3, 0.4) is 0 Å². The molecule has 0 amide bonds. The second-order valence-corrected chi connectivity index (χ2v) is 6.05. The van der Waals surface area contributed by atoms with E-state index in [1.807, 2.05) is 0 Å². The molecule has 21 heavy (non-hydrogen) atoms. The summed E-state index contributed by atoms with van der Waals surface area (Å²) in [5, 5.41) is 9.38. The molecular formula is C17H23NO3. The van der Waals surface area contributed by atoms with E-state index in [4.69, 9.17) is 4.74 Å². The lowest BCUT2D eigenvalue weighted by molar-refractivity contribution is -0.143. The zero-order valence-electron chi connectivity index (χ0n) is 12.5. The third-order valence-corrected chi connectivity index (χ3v) is 4.95. The lowest BCUT2D eigenvalue weighted by Gasteiger charge is -2.39. The first-order valence-electron chi connectivity index (χ1n) is 7.83. The second-order valence-electron chi connectivity index (χ2n) is 6.05. The van der Waals surface area contributed by atoms with Crippen molar-refractivity contribution in [2.45, 2.75) is 38.3 Å². The summed E-state index contributed by atoms with van der Waals surface area (Å²) < 4.78 is 5.45. The van der Waals surface area contributed by atoms with Crippen LogP contribution in [0.5, 0.6) is 0 Å². The molecule has 4 heteroatoms. The number of hydrogen-bond acceptors (Lipinski definition) is 3. The number of aliphatic carboxylic acids is 1. The monoisotopic (exact) mass is 289 g/mol. The van der Waals surface area contributed by atoms with Crippen LogP contribution < -0.4 is 0 Å². The van der Waals surface area contributed by atoms with Gasteiger partial charge in [-0.2, -0.15) is 0 Å². The number of rotatable bonds is 4. The zero-order chi connectivity index (χ0) is 14.8. The molecular weight excluding hydrogens is 266 g/mol. The predicted octanol–water partition coefficient (Wildman–Crippen LogP) is 1.97. The number of benzene rings is 1. The number of carboxylic acid groups (broad SMARTS) is 1. The Balaban J connectivity index is 1.77. The highest BCUT2D eigenvalue weighted by molar-refractivity contribution is 5.71. The van der Waals surface area contributed by atoms with Gasteiger partial charge in [-0.3, -0.25) is 9.69 Å². The lowest BCUT2D eigenvalue weighted by atomic mass is 9.86. The van der Waals surface area contributed by atoms with Crippen LogP contribution in [0.15, 0.2) is 24.3 Å². The van der Waals surface area contributed by atoms with Gasteiger partial charge >= 0.3 is 5.97 Å². The van der Waals surface area contributed by atoms with Crippen LogP contribution >= 0.6 is 0 Å². The summed E-state index contributed by atoms with van der Waals surface area (Å²) in [6.45, 7) is 3.89. The molecule has 1 heterocycles. The van der Waals surface area contributed by atoms with E-state index in [0.29, 0.717) is 19.3 Å². The number of nitrogens with zero attached hydrogens (tertiary/aromatic N) is 1. The lowest BCUT2D eigenvalue weighted by Crippen LogP contribution is -2.50. The summed E-state index contributed by atoms with van der Waals surface area (Å²) in [6.07, 6.45) is 3.21. The van der Waals surface area contributed by atoms with Crippen LogP contribution in [0.4, 0.5) is 0 Å². The SMILES string of the molecule is CCN(C1CCc2ccccc2C1)C1COCC1C(=O)O. The number of hydrogen-bond donors (Lipinski definition) is 1. The predicted molar refractivity (Wildman–Crippen MR) is 80.4 cm³/mol. The molecule has 3 unspecified atom stereocenters. The molecule has 0 spiro atoms. The fraction of sp³-hybridized carbons (Fsp3) is 0.588. The molecule has 4 nitrogen and oxygen atoms in total. The summed E-state index contributed by atoms with van der Waals surface area (Å²) in [7, 11) is 0. The van der Waals surface area contributed by atoms with Crippen LogP contribution in [-0.4, -0.2) is 47.8 Å². The minimum absolute atomic E-state index is 0.0164. The first-order chi connectivity index (χ1) is 10.2. The number of carboxylic acids is 1. The zero-order valence-corrected chi connectivity index (χ0v) is 12.5. The molecule has 3 atom stereocenters. The summed E-state index contributed by atoms with van der Waals surface area (Å²) in [4.78, 5) is 13.8. The van der Waals surface area contributed by atoms with Gasteiger partial charge in [0.05, 0.1) is 19.1 Å². The average molecular weight is 289 g/mol. The minimum atomic E-state index is -0.729. The molecule has 114 valence electrons. The highest BCUT2D eigenvalue weighted by Gasteiger charge is 2.40. The Labute approximate surface area is 125 Å². The Bertz CT molecular complexity index is 517. The van der Waals surface area contributed by atoms with Crippen molar-refractivity contribution in [2.24, 2.45) is 5.92 Å². The van der Waals surface area contributed by atoms with Crippen LogP contribution in [0, 0.1) is 5.92 Å². The van der Waals surface area contributed by atoms with Crippen molar-refractivity contribution in [3.63, 3.8) is 0 Å². The molecule has 3 rings (SSSR count). The van der Waals surface area contributed by atoms with Crippen molar-refractivity contribution in [3.05, 3.63) is 35.4 Å². The maximum absolute atomic E-state index is 11.4. The van der Waals surface area contributed by atoms with Crippen LogP contribution in [0.2, 0.25) is 0 Å². The maximum Gasteiger partial charge on any atom is 0.310 e. The van der Waals surface area contributed by atoms with Gasteiger partial charge in [-0.1, -0.05) is 31.2 Å². The van der Waals surface area contributed by atoms with Gasteiger partial charge in [-0.15, -0.1) is 0 Å². The number of carbonyl (C=O) groups is 1. The van der Waals surface area contributed by atoms with Gasteiger partial charge in [0.1, 0.15) is 0 Å². The van der Waals surface area contributed by atoms with Crippen LogP contribution in [-0.2, 0) is 22.4 Å². The minimum Gasteiger partial charge on any atom is -0.481 e. The van der Waals surface area contributed by atoms with Gasteiger partial charge in [0, 0.05) is 12.1 Å². The summed E-state index contributed by atoms with van der Waals surface area (Å²) in [6, 6.07) is 9.05. The van der Waals surface area contributed by atoms with Crippen molar-refractivity contribution < 1.29 is 14.6 Å². The first-order valence-corrected chi connectivity index (χ1v) is 7.83. The fourth-order valence-corrected chi connectivity index (χ4v) is 3.83. The molecule has 0 saturated carbocycles. The van der Waals surface area contributed by atoms with Crippen LogP contribution in [0.25, 0.3) is 0 Å². The standard InChI is InChI=1S/C17H23NO3/c1-2-18(16-11-21-10-15(16)17(19)20)14-8-7-12-5-3-4-6-13(12)9-14/h3-6,14-16H,2,7-11H2,1H3,(H,19,20). The molecule has 1 aromatic rings. The van der Waals surface area contributed by atoms with Gasteiger partial charge in [0.15, 0.2) is 0 Å². The van der Waals surface area contributed by atoms with Crippen molar-refractivity contribution in [1.82, 2.24) is 4.90 Å². The molecule has 0 aromatic heterocycles. The van der Waals surface area contributed by atoms with E-state index in [9.17, 15) is 9.90 Å². The summed E-state index contributed by atoms with van der Waals surface area (Å²) in [5.41, 5.74) is 2.86. The number of aryl methyl sites for hydroxylation is 1. The van der Waals surface area contributed by atoms with E-state index in [1.165, 1.54) is 11.1 Å². The second kappa shape index (κ2) is 6.16. The smallest absolute Gasteiger partial charge is 0.310 e. The molecule has 0 radical (unpaired) electrons. The molecule has 1 aliphatic heterocycles. The average Bonchev–Trinajstić information content (AvgIpc) is 2.97. The largest absolute Gasteiger partial charge is 0.481 e. The van der Waals surface area contributed by atoms with E-state index in [0.717, 1.165) is 25.8 Å². The molecule has 0 bridgehead atoms. The maximum atomic E-state index is 11.4. The number of fused-ring (bicyclic) bond motifs is 1. The van der Waals surface area contributed by atoms with Gasteiger partial charge in [-0.25, -0.2) is 0 Å². The fourth-order valence-electron chi connectivity index (χ4n) is 3.83. The van der Waals surface area contributed by atoms with E-state index in [1.54, 1.807) is 0 Å². The summed E-state index contributed by atoms with van der Waals surface area (Å²) in [5.74, 6) is -1.12. The Morgan fingerprint density at radius 2 is 2.10 bits per heavy atom. The highest BCUT2D eigenvalue weighted by atomic mass is 16.5. The Morgan fingerprint density at radius 1 is 1.33 bits per heavy atom. The Morgan fingerprint density at radius 3 is 2.81 bits per heavy atom. The Kier molecular flexibility index (Phi) is 4.27. The first kappa shape index (κ1) is 14.5. The normalized spacial score (nSPS) is 28.6. The Hall–Kier alpha value is -1.39. The van der Waals surface area contributed by atoms with Gasteiger partial charge < -0.3 is 9.84 Å². The molecule has 1 saturated heterocycles. The molecule has 1 fully saturated rings.